The number of hydrogen-bond acceptors (Lipinski definition) is 7. The van der Waals surface area contributed by atoms with E-state index in [1.54, 1.807) is 13.8 Å². The molecule has 0 N–H and O–H groups in total. The van der Waals surface area contributed by atoms with Gasteiger partial charge in [-0.15, -0.1) is 0 Å². The van der Waals surface area contributed by atoms with Crippen LogP contribution in [0.15, 0.2) is 24.3 Å². The quantitative estimate of drug-likeness (QED) is 0.0719. The second kappa shape index (κ2) is 20.0. The van der Waals surface area contributed by atoms with E-state index in [0.717, 1.165) is 77.0 Å². The third-order valence-electron chi connectivity index (χ3n) is 4.89. The van der Waals surface area contributed by atoms with Crippen LogP contribution in [0.4, 0.5) is 0 Å². The highest BCUT2D eigenvalue weighted by Crippen LogP contribution is 2.44. The second-order valence-electron chi connectivity index (χ2n) is 8.51. The Bertz CT molecular complexity index is 580. The van der Waals surface area contributed by atoms with E-state index in [4.69, 9.17) is 18.5 Å². The molecule has 7 nitrogen and oxygen atoms in total. The Kier molecular flexibility index (Phi) is 19.1. The van der Waals surface area contributed by atoms with E-state index in [0.29, 0.717) is 37.6 Å². The summed E-state index contributed by atoms with van der Waals surface area (Å²) >= 11 is 0. The molecular weight excluding hydrogens is 443 g/mol. The second-order valence-corrected chi connectivity index (χ2v) is 10.6. The van der Waals surface area contributed by atoms with Crippen LogP contribution >= 0.6 is 7.60 Å². The van der Waals surface area contributed by atoms with Crippen molar-refractivity contribution in [1.29, 1.82) is 0 Å². The van der Waals surface area contributed by atoms with Crippen molar-refractivity contribution < 1.29 is 32.7 Å². The molecule has 0 unspecified atom stereocenters. The van der Waals surface area contributed by atoms with Crippen molar-refractivity contribution in [2.45, 2.75) is 90.9 Å². The molecule has 0 aromatic heterocycles. The van der Waals surface area contributed by atoms with Crippen molar-refractivity contribution in [1.82, 2.24) is 0 Å². The molecule has 0 aromatic rings. The van der Waals surface area contributed by atoms with Gasteiger partial charge in [0.05, 0.1) is 26.4 Å². The van der Waals surface area contributed by atoms with Gasteiger partial charge in [0.1, 0.15) is 0 Å². The Balaban J connectivity index is 3.45. The Morgan fingerprint density at radius 3 is 1.15 bits per heavy atom. The molecule has 0 rings (SSSR count). The molecule has 0 spiro atoms. The van der Waals surface area contributed by atoms with Gasteiger partial charge in [-0.3, -0.25) is 4.57 Å². The standard InChI is InChI=1S/C25H45O7P/c1-22(2)24(26)29-18-14-10-6-8-12-16-20-31-33(5,28)32-21-17-13-9-7-11-15-19-30-25(27)23(3)4/h1,3,6-21H2,2,4-5H3. The highest BCUT2D eigenvalue weighted by atomic mass is 31.2. The fourth-order valence-corrected chi connectivity index (χ4v) is 3.89. The van der Waals surface area contributed by atoms with Crippen LogP contribution < -0.4 is 0 Å². The predicted molar refractivity (Wildman–Crippen MR) is 132 cm³/mol. The fourth-order valence-electron chi connectivity index (χ4n) is 2.90. The summed E-state index contributed by atoms with van der Waals surface area (Å²) in [6, 6.07) is 0. The van der Waals surface area contributed by atoms with Gasteiger partial charge in [-0.1, -0.05) is 64.5 Å². The summed E-state index contributed by atoms with van der Waals surface area (Å²) in [4.78, 5) is 22.5. The van der Waals surface area contributed by atoms with Crippen molar-refractivity contribution >= 4 is 19.5 Å². The van der Waals surface area contributed by atoms with Crippen molar-refractivity contribution in [3.8, 4) is 0 Å². The van der Waals surface area contributed by atoms with Crippen LogP contribution in [-0.2, 0) is 32.7 Å². The van der Waals surface area contributed by atoms with E-state index in [1.165, 1.54) is 6.66 Å². The summed E-state index contributed by atoms with van der Waals surface area (Å²) in [7, 11) is -2.98. The molecule has 0 aliphatic rings. The Morgan fingerprint density at radius 2 is 0.848 bits per heavy atom. The van der Waals surface area contributed by atoms with E-state index in [-0.39, 0.29) is 11.9 Å². The lowest BCUT2D eigenvalue weighted by Crippen LogP contribution is -2.06. The van der Waals surface area contributed by atoms with E-state index in [2.05, 4.69) is 13.2 Å². The molecule has 0 aliphatic heterocycles. The minimum Gasteiger partial charge on any atom is -0.462 e. The number of rotatable bonds is 22. The molecule has 192 valence electrons. The van der Waals surface area contributed by atoms with Gasteiger partial charge in [0.15, 0.2) is 0 Å². The van der Waals surface area contributed by atoms with Crippen LogP contribution in [0.25, 0.3) is 0 Å². The maximum Gasteiger partial charge on any atom is 0.333 e. The molecule has 0 amide bonds. The third kappa shape index (κ3) is 20.9. The van der Waals surface area contributed by atoms with E-state index in [1.807, 2.05) is 0 Å². The van der Waals surface area contributed by atoms with E-state index >= 15 is 0 Å². The zero-order valence-corrected chi connectivity index (χ0v) is 21.9. The number of esters is 2. The third-order valence-corrected chi connectivity index (χ3v) is 6.20. The predicted octanol–water partition coefficient (Wildman–Crippen LogP) is 6.76. The first-order valence-corrected chi connectivity index (χ1v) is 14.2. The van der Waals surface area contributed by atoms with Gasteiger partial charge < -0.3 is 18.5 Å². The minimum absolute atomic E-state index is 0.325. The molecule has 0 heterocycles. The highest BCUT2D eigenvalue weighted by Gasteiger charge is 2.16. The highest BCUT2D eigenvalue weighted by molar-refractivity contribution is 7.52. The molecule has 0 aliphatic carbocycles. The first-order valence-electron chi connectivity index (χ1n) is 12.2. The molecule has 0 saturated heterocycles. The smallest absolute Gasteiger partial charge is 0.333 e. The first kappa shape index (κ1) is 31.6. The lowest BCUT2D eigenvalue weighted by atomic mass is 10.1. The summed E-state index contributed by atoms with van der Waals surface area (Å²) in [5.74, 6) is -0.650. The van der Waals surface area contributed by atoms with Gasteiger partial charge in [-0.2, -0.15) is 0 Å². The summed E-state index contributed by atoms with van der Waals surface area (Å²) in [5, 5.41) is 0. The maximum absolute atomic E-state index is 12.3. The van der Waals surface area contributed by atoms with Crippen molar-refractivity contribution in [2.75, 3.05) is 33.1 Å². The average molecular weight is 489 g/mol. The normalized spacial score (nSPS) is 11.2. The molecule has 0 fully saturated rings. The minimum atomic E-state index is -2.98. The van der Waals surface area contributed by atoms with Crippen molar-refractivity contribution in [2.24, 2.45) is 0 Å². The van der Waals surface area contributed by atoms with E-state index in [9.17, 15) is 14.2 Å². The van der Waals surface area contributed by atoms with Gasteiger partial charge in [0.25, 0.3) is 0 Å². The van der Waals surface area contributed by atoms with Crippen LogP contribution in [0.1, 0.15) is 90.9 Å². The molecule has 0 bridgehead atoms. The monoisotopic (exact) mass is 488 g/mol. The van der Waals surface area contributed by atoms with Crippen molar-refractivity contribution in [3.63, 3.8) is 0 Å². The number of hydrogen-bond donors (Lipinski definition) is 0. The van der Waals surface area contributed by atoms with Gasteiger partial charge >= 0.3 is 19.5 Å². The fraction of sp³-hybridized carbons (Fsp3) is 0.760. The number of carbonyl (C=O) groups is 2. The van der Waals surface area contributed by atoms with Crippen LogP contribution in [0.2, 0.25) is 0 Å². The number of unbranched alkanes of at least 4 members (excludes halogenated alkanes) is 10. The molecule has 0 radical (unpaired) electrons. The average Bonchev–Trinajstić information content (AvgIpc) is 2.75. The molecule has 0 aromatic carbocycles. The van der Waals surface area contributed by atoms with Gasteiger partial charge in [-0.05, 0) is 39.5 Å². The summed E-state index contributed by atoms with van der Waals surface area (Å²) in [6.07, 6.45) is 11.8. The van der Waals surface area contributed by atoms with Gasteiger partial charge in [0.2, 0.25) is 0 Å². The van der Waals surface area contributed by atoms with E-state index < -0.39 is 7.60 Å². The zero-order chi connectivity index (χ0) is 25.0. The Hall–Kier alpha value is -1.43. The first-order chi connectivity index (χ1) is 15.7. The van der Waals surface area contributed by atoms with Crippen LogP contribution in [-0.4, -0.2) is 45.0 Å². The number of ether oxygens (including phenoxy) is 2. The molecule has 0 saturated carbocycles. The molecule has 8 heteroatoms. The molecular formula is C25H45O7P. The largest absolute Gasteiger partial charge is 0.462 e. The van der Waals surface area contributed by atoms with Crippen LogP contribution in [0, 0.1) is 0 Å². The lowest BCUT2D eigenvalue weighted by Gasteiger charge is -2.14. The zero-order valence-electron chi connectivity index (χ0n) is 21.0. The van der Waals surface area contributed by atoms with Crippen molar-refractivity contribution in [3.05, 3.63) is 24.3 Å². The Labute approximate surface area is 200 Å². The van der Waals surface area contributed by atoms with Gasteiger partial charge in [-0.25, -0.2) is 9.59 Å². The lowest BCUT2D eigenvalue weighted by molar-refractivity contribution is -0.139. The summed E-state index contributed by atoms with van der Waals surface area (Å²) < 4.78 is 33.3. The molecule has 0 atom stereocenters. The van der Waals surface area contributed by atoms with Gasteiger partial charge in [0, 0.05) is 17.8 Å². The van der Waals surface area contributed by atoms with Crippen LogP contribution in [0.5, 0.6) is 0 Å². The summed E-state index contributed by atoms with van der Waals surface area (Å²) in [6.45, 7) is 13.7. The SMILES string of the molecule is C=C(C)C(=O)OCCCCCCCCOP(C)(=O)OCCCCCCCCOC(=O)C(=C)C. The topological polar surface area (TPSA) is 88.1 Å². The Morgan fingerprint density at radius 1 is 0.576 bits per heavy atom. The number of carbonyl (C=O) groups excluding carboxylic acids is 2. The van der Waals surface area contributed by atoms with Crippen LogP contribution in [0.3, 0.4) is 0 Å². The summed E-state index contributed by atoms with van der Waals surface area (Å²) in [5.41, 5.74) is 0.860. The maximum atomic E-state index is 12.3. The molecule has 33 heavy (non-hydrogen) atoms.